The summed E-state index contributed by atoms with van der Waals surface area (Å²) in [6, 6.07) is 3.50. The summed E-state index contributed by atoms with van der Waals surface area (Å²) in [6.45, 7) is 0.494. The average molecular weight is 389 g/mol. The van der Waals surface area contributed by atoms with Crippen molar-refractivity contribution in [2.24, 2.45) is 11.5 Å². The molecule has 8 N–H and O–H groups in total. The minimum absolute atomic E-state index is 0.0210. The van der Waals surface area contributed by atoms with Gasteiger partial charge in [-0.1, -0.05) is 18.6 Å². The standard InChI is InChI=1S/C15H24N3O7P/c16-8-2-1-3-12(17)14(19)18-13(15(20)21)9-10-4-6-11(7-5-10)25-26(22,23)24/h4-7,12-13H,1-3,8-9,16-17H2,(H,18,19)(H,20,21)(H2,22,23,24)/t12-,13-/m0/s1. The molecule has 0 bridgehead atoms. The van der Waals surface area contributed by atoms with E-state index in [1.54, 1.807) is 0 Å². The van der Waals surface area contributed by atoms with Gasteiger partial charge in [0.2, 0.25) is 5.91 Å². The molecule has 146 valence electrons. The van der Waals surface area contributed by atoms with E-state index in [1.165, 1.54) is 24.3 Å². The summed E-state index contributed by atoms with van der Waals surface area (Å²) in [5.41, 5.74) is 11.6. The van der Waals surface area contributed by atoms with Gasteiger partial charge in [0.05, 0.1) is 6.04 Å². The Bertz CT molecular complexity index is 647. The maximum atomic E-state index is 12.0. The van der Waals surface area contributed by atoms with Gasteiger partial charge in [-0.15, -0.1) is 0 Å². The van der Waals surface area contributed by atoms with E-state index in [0.717, 1.165) is 6.42 Å². The van der Waals surface area contributed by atoms with Crippen molar-refractivity contribution >= 4 is 19.7 Å². The molecule has 0 aromatic heterocycles. The van der Waals surface area contributed by atoms with Crippen LogP contribution in [0.3, 0.4) is 0 Å². The zero-order valence-electron chi connectivity index (χ0n) is 14.1. The first-order valence-electron chi connectivity index (χ1n) is 7.95. The van der Waals surface area contributed by atoms with Crippen molar-refractivity contribution in [3.8, 4) is 5.75 Å². The fourth-order valence-corrected chi connectivity index (χ4v) is 2.57. The summed E-state index contributed by atoms with van der Waals surface area (Å²) in [6.07, 6.45) is 1.78. The minimum Gasteiger partial charge on any atom is -0.480 e. The van der Waals surface area contributed by atoms with Crippen LogP contribution in [0, 0.1) is 0 Å². The second-order valence-corrected chi connectivity index (χ2v) is 6.88. The summed E-state index contributed by atoms with van der Waals surface area (Å²) < 4.78 is 15.2. The Hall–Kier alpha value is -1.97. The molecular weight excluding hydrogens is 365 g/mol. The van der Waals surface area contributed by atoms with Crippen LogP contribution in [0.5, 0.6) is 5.75 Å². The highest BCUT2D eigenvalue weighted by atomic mass is 31.2. The number of phosphoric acid groups is 1. The molecule has 1 amide bonds. The number of carboxylic acids is 1. The molecule has 2 atom stereocenters. The lowest BCUT2D eigenvalue weighted by Crippen LogP contribution is -2.49. The fourth-order valence-electron chi connectivity index (χ4n) is 2.18. The average Bonchev–Trinajstić information content (AvgIpc) is 2.54. The Morgan fingerprint density at radius 3 is 2.31 bits per heavy atom. The summed E-state index contributed by atoms with van der Waals surface area (Å²) >= 11 is 0. The van der Waals surface area contributed by atoms with Crippen LogP contribution in [0.15, 0.2) is 24.3 Å². The maximum Gasteiger partial charge on any atom is 0.524 e. The normalized spacial score (nSPS) is 13.7. The van der Waals surface area contributed by atoms with Crippen molar-refractivity contribution < 1.29 is 33.6 Å². The molecule has 10 nitrogen and oxygen atoms in total. The molecule has 1 aromatic carbocycles. The molecule has 0 aliphatic rings. The summed E-state index contributed by atoms with van der Waals surface area (Å²) in [5.74, 6) is -1.83. The zero-order valence-corrected chi connectivity index (χ0v) is 15.0. The van der Waals surface area contributed by atoms with Gasteiger partial charge in [-0.3, -0.25) is 14.6 Å². The van der Waals surface area contributed by atoms with E-state index in [4.69, 9.17) is 21.3 Å². The molecule has 1 aromatic rings. The van der Waals surface area contributed by atoms with Crippen LogP contribution in [-0.4, -0.2) is 45.4 Å². The minimum atomic E-state index is -4.66. The van der Waals surface area contributed by atoms with E-state index in [1.807, 2.05) is 0 Å². The molecule has 0 saturated carbocycles. The molecule has 0 aliphatic carbocycles. The monoisotopic (exact) mass is 389 g/mol. The fraction of sp³-hybridized carbons (Fsp3) is 0.467. The third-order valence-electron chi connectivity index (χ3n) is 3.51. The second kappa shape index (κ2) is 10.2. The zero-order chi connectivity index (χ0) is 19.7. The van der Waals surface area contributed by atoms with Crippen LogP contribution in [0.25, 0.3) is 0 Å². The van der Waals surface area contributed by atoms with Crippen molar-refractivity contribution in [2.45, 2.75) is 37.8 Å². The maximum absolute atomic E-state index is 12.0. The number of benzene rings is 1. The van der Waals surface area contributed by atoms with E-state index >= 15 is 0 Å². The van der Waals surface area contributed by atoms with Crippen LogP contribution < -0.4 is 21.3 Å². The summed E-state index contributed by atoms with van der Waals surface area (Å²) in [4.78, 5) is 40.9. The number of carbonyl (C=O) groups is 2. The number of nitrogens with one attached hydrogen (secondary N) is 1. The number of nitrogens with two attached hydrogens (primary N) is 2. The van der Waals surface area contributed by atoms with Gasteiger partial charge in [0.15, 0.2) is 0 Å². The first-order valence-corrected chi connectivity index (χ1v) is 9.48. The first kappa shape index (κ1) is 22.1. The molecule has 0 aliphatic heterocycles. The second-order valence-electron chi connectivity index (χ2n) is 5.72. The Balaban J connectivity index is 2.66. The Kier molecular flexibility index (Phi) is 8.70. The third kappa shape index (κ3) is 8.41. The summed E-state index contributed by atoms with van der Waals surface area (Å²) in [5, 5.41) is 11.7. The topological polar surface area (TPSA) is 185 Å². The molecule has 0 unspecified atom stereocenters. The summed E-state index contributed by atoms with van der Waals surface area (Å²) in [7, 11) is -4.66. The predicted molar refractivity (Wildman–Crippen MR) is 93.3 cm³/mol. The molecule has 0 saturated heterocycles. The van der Waals surface area contributed by atoms with Crippen molar-refractivity contribution in [1.29, 1.82) is 0 Å². The predicted octanol–water partition coefficient (Wildman–Crippen LogP) is -0.274. The van der Waals surface area contributed by atoms with Crippen LogP contribution in [-0.2, 0) is 20.6 Å². The van der Waals surface area contributed by atoms with Crippen molar-refractivity contribution in [3.05, 3.63) is 29.8 Å². The van der Waals surface area contributed by atoms with Crippen LogP contribution >= 0.6 is 7.82 Å². The van der Waals surface area contributed by atoms with Crippen molar-refractivity contribution in [1.82, 2.24) is 5.32 Å². The van der Waals surface area contributed by atoms with Crippen molar-refractivity contribution in [2.75, 3.05) is 6.54 Å². The third-order valence-corrected chi connectivity index (χ3v) is 3.96. The lowest BCUT2D eigenvalue weighted by molar-refractivity contribution is -0.142. The van der Waals surface area contributed by atoms with Gasteiger partial charge < -0.3 is 26.4 Å². The van der Waals surface area contributed by atoms with E-state index in [0.29, 0.717) is 24.9 Å². The van der Waals surface area contributed by atoms with E-state index in [2.05, 4.69) is 9.84 Å². The van der Waals surface area contributed by atoms with Crippen molar-refractivity contribution in [3.63, 3.8) is 0 Å². The van der Waals surface area contributed by atoms with Gasteiger partial charge in [-0.25, -0.2) is 9.36 Å². The number of hydrogen-bond acceptors (Lipinski definition) is 6. The van der Waals surface area contributed by atoms with Gasteiger partial charge in [-0.2, -0.15) is 0 Å². The van der Waals surface area contributed by atoms with E-state index in [-0.39, 0.29) is 12.2 Å². The molecule has 11 heteroatoms. The quantitative estimate of drug-likeness (QED) is 0.219. The highest BCUT2D eigenvalue weighted by Crippen LogP contribution is 2.37. The van der Waals surface area contributed by atoms with Crippen LogP contribution in [0.2, 0.25) is 0 Å². The molecule has 0 fully saturated rings. The molecule has 0 heterocycles. The number of amides is 1. The largest absolute Gasteiger partial charge is 0.524 e. The lowest BCUT2D eigenvalue weighted by atomic mass is 10.0. The smallest absolute Gasteiger partial charge is 0.480 e. The highest BCUT2D eigenvalue weighted by Gasteiger charge is 2.23. The van der Waals surface area contributed by atoms with E-state index in [9.17, 15) is 19.3 Å². The molecule has 0 radical (unpaired) electrons. The Morgan fingerprint density at radius 2 is 1.81 bits per heavy atom. The van der Waals surface area contributed by atoms with Gasteiger partial charge in [0, 0.05) is 6.42 Å². The van der Waals surface area contributed by atoms with Gasteiger partial charge >= 0.3 is 13.8 Å². The molecule has 26 heavy (non-hydrogen) atoms. The lowest BCUT2D eigenvalue weighted by Gasteiger charge is -2.18. The van der Waals surface area contributed by atoms with Gasteiger partial charge in [0.25, 0.3) is 0 Å². The van der Waals surface area contributed by atoms with Crippen LogP contribution in [0.4, 0.5) is 0 Å². The first-order chi connectivity index (χ1) is 12.1. The van der Waals surface area contributed by atoms with E-state index < -0.39 is 31.8 Å². The number of carboxylic acid groups (broad SMARTS) is 1. The molecule has 0 spiro atoms. The number of rotatable bonds is 11. The molecular formula is C15H24N3O7P. The van der Waals surface area contributed by atoms with Gasteiger partial charge in [0.1, 0.15) is 11.8 Å². The molecule has 1 rings (SSSR count). The number of aliphatic carboxylic acids is 1. The van der Waals surface area contributed by atoms with Crippen LogP contribution in [0.1, 0.15) is 24.8 Å². The SMILES string of the molecule is NCCCC[C@H](N)C(=O)N[C@@H](Cc1ccc(OP(=O)(O)O)cc1)C(=O)O. The Labute approximate surface area is 150 Å². The highest BCUT2D eigenvalue weighted by molar-refractivity contribution is 7.46. The number of phosphoric ester groups is 1. The number of carbonyl (C=O) groups excluding carboxylic acids is 1. The van der Waals surface area contributed by atoms with Gasteiger partial charge in [-0.05, 0) is 37.1 Å². The number of hydrogen-bond donors (Lipinski definition) is 6. The Morgan fingerprint density at radius 1 is 1.19 bits per heavy atom. The number of unbranched alkanes of at least 4 members (excludes halogenated alkanes) is 1.